The molecule has 0 saturated heterocycles. The molecule has 0 amide bonds. The van der Waals surface area contributed by atoms with Crippen LogP contribution in [0.15, 0.2) is 55.8 Å². The normalized spacial score (nSPS) is 12.2. The smallest absolute Gasteiger partial charge is 0.123 e. The molecule has 0 aliphatic heterocycles. The summed E-state index contributed by atoms with van der Waals surface area (Å²) in [5.41, 5.74) is 1.76. The molecule has 2 heterocycles. The fourth-order valence-electron chi connectivity index (χ4n) is 2.06. The zero-order valence-corrected chi connectivity index (χ0v) is 12.4. The monoisotopic (exact) mass is 297 g/mol. The van der Waals surface area contributed by atoms with Crippen LogP contribution >= 0.6 is 11.3 Å². The fraction of sp³-hybridized carbons (Fsp3) is 0.125. The van der Waals surface area contributed by atoms with Crippen molar-refractivity contribution in [2.24, 2.45) is 0 Å². The molecule has 1 unspecified atom stereocenters. The first-order chi connectivity index (χ1) is 10.1. The Kier molecular flexibility index (Phi) is 3.58. The molecule has 3 aromatic rings. The molecular weight excluding hydrogens is 282 g/mol. The number of hydrogen-bond donors (Lipinski definition) is 1. The van der Waals surface area contributed by atoms with Gasteiger partial charge in [0.05, 0.1) is 12.4 Å². The summed E-state index contributed by atoms with van der Waals surface area (Å²) in [5.74, 6) is 0.0788. The number of rotatable bonds is 4. The van der Waals surface area contributed by atoms with Gasteiger partial charge >= 0.3 is 0 Å². The lowest BCUT2D eigenvalue weighted by Gasteiger charge is -2.09. The van der Waals surface area contributed by atoms with Gasteiger partial charge in [-0.1, -0.05) is 30.8 Å². The molecule has 0 saturated carbocycles. The molecule has 0 radical (unpaired) electrons. The zero-order valence-electron chi connectivity index (χ0n) is 11.6. The van der Waals surface area contributed by atoms with Gasteiger partial charge in [0.1, 0.15) is 10.8 Å². The predicted octanol–water partition coefficient (Wildman–Crippen LogP) is 4.14. The van der Waals surface area contributed by atoms with Gasteiger partial charge in [0, 0.05) is 34.6 Å². The van der Waals surface area contributed by atoms with Crippen LogP contribution in [0.4, 0.5) is 0 Å². The van der Waals surface area contributed by atoms with Gasteiger partial charge in [0.25, 0.3) is 0 Å². The van der Waals surface area contributed by atoms with E-state index < -0.39 is 0 Å². The zero-order chi connectivity index (χ0) is 14.8. The molecule has 3 rings (SSSR count). The second-order valence-corrected chi connectivity index (χ2v) is 5.84. The average Bonchev–Trinajstić information content (AvgIpc) is 3.18. The SMILES string of the molecule is C=C(O)c1ccc(-c2ncc(C(C)n3ccnc3)s2)cc1. The fourth-order valence-corrected chi connectivity index (χ4v) is 3.04. The number of aromatic nitrogens is 3. The Morgan fingerprint density at radius 2 is 2.10 bits per heavy atom. The van der Waals surface area contributed by atoms with E-state index >= 15 is 0 Å². The largest absolute Gasteiger partial charge is 0.508 e. The summed E-state index contributed by atoms with van der Waals surface area (Å²) in [4.78, 5) is 9.75. The molecule has 4 nitrogen and oxygen atoms in total. The molecule has 0 aliphatic rings. The van der Waals surface area contributed by atoms with Crippen molar-refractivity contribution in [3.05, 3.63) is 66.2 Å². The molecule has 0 bridgehead atoms. The lowest BCUT2D eigenvalue weighted by molar-refractivity contribution is 0.514. The first-order valence-electron chi connectivity index (χ1n) is 6.57. The molecular formula is C16H15N3OS. The number of aliphatic hydroxyl groups is 1. The van der Waals surface area contributed by atoms with E-state index in [0.29, 0.717) is 0 Å². The highest BCUT2D eigenvalue weighted by molar-refractivity contribution is 7.15. The standard InChI is InChI=1S/C16H15N3OS/c1-11(19-8-7-17-10-19)15-9-18-16(21-15)14-5-3-13(4-6-14)12(2)20/h3-11,20H,2H2,1H3. The van der Waals surface area contributed by atoms with Crippen molar-refractivity contribution in [1.29, 1.82) is 0 Å². The number of hydrogen-bond acceptors (Lipinski definition) is 4. The van der Waals surface area contributed by atoms with Crippen molar-refractivity contribution in [3.63, 3.8) is 0 Å². The molecule has 1 N–H and O–H groups in total. The first kappa shape index (κ1) is 13.6. The van der Waals surface area contributed by atoms with Crippen molar-refractivity contribution >= 4 is 17.1 Å². The third kappa shape index (κ3) is 2.73. The second kappa shape index (κ2) is 5.54. The summed E-state index contributed by atoms with van der Waals surface area (Å²) in [5, 5.41) is 10.3. The van der Waals surface area contributed by atoms with Crippen LogP contribution in [-0.2, 0) is 0 Å². The van der Waals surface area contributed by atoms with Crippen molar-refractivity contribution in [2.75, 3.05) is 0 Å². The van der Waals surface area contributed by atoms with Gasteiger partial charge in [-0.2, -0.15) is 0 Å². The molecule has 106 valence electrons. The van der Waals surface area contributed by atoms with Gasteiger partial charge in [0.15, 0.2) is 0 Å². The van der Waals surface area contributed by atoms with Gasteiger partial charge in [-0.05, 0) is 6.92 Å². The summed E-state index contributed by atoms with van der Waals surface area (Å²) in [6, 6.07) is 7.80. The van der Waals surface area contributed by atoms with Crippen LogP contribution in [0.25, 0.3) is 16.3 Å². The van der Waals surface area contributed by atoms with Crippen LogP contribution in [0.5, 0.6) is 0 Å². The van der Waals surface area contributed by atoms with Gasteiger partial charge in [-0.25, -0.2) is 9.97 Å². The average molecular weight is 297 g/mol. The van der Waals surface area contributed by atoms with E-state index in [0.717, 1.165) is 16.1 Å². The molecule has 1 aromatic carbocycles. The maximum atomic E-state index is 9.35. The van der Waals surface area contributed by atoms with E-state index in [9.17, 15) is 5.11 Å². The predicted molar refractivity (Wildman–Crippen MR) is 85.3 cm³/mol. The summed E-state index contributed by atoms with van der Waals surface area (Å²) in [6.45, 7) is 5.64. The van der Waals surface area contributed by atoms with Crippen molar-refractivity contribution in [3.8, 4) is 10.6 Å². The number of thiazole rings is 1. The number of imidazole rings is 1. The van der Waals surface area contributed by atoms with E-state index in [1.807, 2.05) is 43.0 Å². The van der Waals surface area contributed by atoms with Crippen LogP contribution in [0.1, 0.15) is 23.4 Å². The summed E-state index contributed by atoms with van der Waals surface area (Å²) < 4.78 is 2.05. The van der Waals surface area contributed by atoms with Crippen LogP contribution in [0.3, 0.4) is 0 Å². The second-order valence-electron chi connectivity index (χ2n) is 4.78. The summed E-state index contributed by atoms with van der Waals surface area (Å²) in [6.07, 6.45) is 7.44. The third-order valence-electron chi connectivity index (χ3n) is 3.37. The van der Waals surface area contributed by atoms with Crippen LogP contribution < -0.4 is 0 Å². The lowest BCUT2D eigenvalue weighted by Crippen LogP contribution is -2.01. The van der Waals surface area contributed by atoms with Gasteiger partial charge < -0.3 is 9.67 Å². The summed E-state index contributed by atoms with van der Waals surface area (Å²) >= 11 is 1.66. The third-order valence-corrected chi connectivity index (χ3v) is 4.59. The van der Waals surface area contributed by atoms with E-state index in [2.05, 4.69) is 28.0 Å². The Morgan fingerprint density at radius 3 is 2.71 bits per heavy atom. The van der Waals surface area contributed by atoms with E-state index in [4.69, 9.17) is 0 Å². The van der Waals surface area contributed by atoms with Crippen LogP contribution in [-0.4, -0.2) is 19.6 Å². The Morgan fingerprint density at radius 1 is 1.33 bits per heavy atom. The first-order valence-corrected chi connectivity index (χ1v) is 7.38. The summed E-state index contributed by atoms with van der Waals surface area (Å²) in [7, 11) is 0. The number of nitrogens with zero attached hydrogens (tertiary/aromatic N) is 3. The molecule has 1 atom stereocenters. The minimum Gasteiger partial charge on any atom is -0.508 e. The maximum Gasteiger partial charge on any atom is 0.123 e. The highest BCUT2D eigenvalue weighted by atomic mass is 32.1. The topological polar surface area (TPSA) is 50.9 Å². The van der Waals surface area contributed by atoms with Gasteiger partial charge in [0.2, 0.25) is 0 Å². The van der Waals surface area contributed by atoms with E-state index in [1.54, 1.807) is 17.5 Å². The molecule has 0 aliphatic carbocycles. The Labute approximate surface area is 127 Å². The molecule has 21 heavy (non-hydrogen) atoms. The van der Waals surface area contributed by atoms with Crippen LogP contribution in [0.2, 0.25) is 0 Å². The van der Waals surface area contributed by atoms with Crippen LogP contribution in [0, 0.1) is 0 Å². The van der Waals surface area contributed by atoms with E-state index in [1.165, 1.54) is 4.88 Å². The number of aliphatic hydroxyl groups excluding tert-OH is 1. The quantitative estimate of drug-likeness (QED) is 0.736. The van der Waals surface area contributed by atoms with Crippen molar-refractivity contribution in [1.82, 2.24) is 14.5 Å². The number of benzene rings is 1. The van der Waals surface area contributed by atoms with Crippen molar-refractivity contribution in [2.45, 2.75) is 13.0 Å². The van der Waals surface area contributed by atoms with E-state index in [-0.39, 0.29) is 11.8 Å². The maximum absolute atomic E-state index is 9.35. The Hall–Kier alpha value is -2.40. The molecule has 0 spiro atoms. The molecule has 5 heteroatoms. The Balaban J connectivity index is 1.86. The molecule has 0 fully saturated rings. The minimum atomic E-state index is 0.0788. The van der Waals surface area contributed by atoms with Crippen molar-refractivity contribution < 1.29 is 5.11 Å². The van der Waals surface area contributed by atoms with Gasteiger partial charge in [-0.3, -0.25) is 0 Å². The van der Waals surface area contributed by atoms with Gasteiger partial charge in [-0.15, -0.1) is 11.3 Å². The highest BCUT2D eigenvalue weighted by Gasteiger charge is 2.12. The Bertz CT molecular complexity index is 744. The molecule has 2 aromatic heterocycles. The lowest BCUT2D eigenvalue weighted by atomic mass is 10.1. The minimum absolute atomic E-state index is 0.0788. The highest BCUT2D eigenvalue weighted by Crippen LogP contribution is 2.30.